The van der Waals surface area contributed by atoms with Crippen LogP contribution in [-0.2, 0) is 6.54 Å². The molecule has 0 spiro atoms. The molecule has 90 valence electrons. The summed E-state index contributed by atoms with van der Waals surface area (Å²) in [5.41, 5.74) is 1.96. The number of hydrogen-bond acceptors (Lipinski definition) is 2. The number of nitrogens with one attached hydrogen (secondary N) is 1. The Hall–Kier alpha value is -0.840. The molecule has 0 unspecified atom stereocenters. The van der Waals surface area contributed by atoms with Gasteiger partial charge in [0.2, 0.25) is 0 Å². The molecule has 1 aromatic heterocycles. The molecule has 0 radical (unpaired) electrons. The molecule has 17 heavy (non-hydrogen) atoms. The average molecular weight is 315 g/mol. The zero-order valence-electron chi connectivity index (χ0n) is 9.45. The first kappa shape index (κ1) is 12.6. The van der Waals surface area contributed by atoms with Crippen LogP contribution in [0.4, 0.5) is 0 Å². The van der Waals surface area contributed by atoms with Crippen molar-refractivity contribution >= 4 is 27.5 Å². The van der Waals surface area contributed by atoms with E-state index in [0.29, 0.717) is 5.02 Å². The number of aromatic nitrogens is 2. The van der Waals surface area contributed by atoms with E-state index < -0.39 is 0 Å². The largest absolute Gasteiger partial charge is 0.311 e. The SMILES string of the molecule is CCNCc1ccn(-c2cccc(Cl)c2Br)n1. The van der Waals surface area contributed by atoms with Gasteiger partial charge < -0.3 is 5.32 Å². The summed E-state index contributed by atoms with van der Waals surface area (Å²) in [6.07, 6.45) is 1.93. The van der Waals surface area contributed by atoms with Crippen molar-refractivity contribution in [3.8, 4) is 5.69 Å². The van der Waals surface area contributed by atoms with Gasteiger partial charge in [0.1, 0.15) is 0 Å². The van der Waals surface area contributed by atoms with Gasteiger partial charge in [-0.15, -0.1) is 0 Å². The predicted molar refractivity (Wildman–Crippen MR) is 73.7 cm³/mol. The van der Waals surface area contributed by atoms with Gasteiger partial charge in [-0.3, -0.25) is 0 Å². The van der Waals surface area contributed by atoms with Crippen molar-refractivity contribution in [1.82, 2.24) is 15.1 Å². The van der Waals surface area contributed by atoms with Gasteiger partial charge in [-0.2, -0.15) is 5.10 Å². The van der Waals surface area contributed by atoms with Crippen molar-refractivity contribution in [2.75, 3.05) is 6.54 Å². The van der Waals surface area contributed by atoms with Crippen molar-refractivity contribution in [1.29, 1.82) is 0 Å². The van der Waals surface area contributed by atoms with E-state index >= 15 is 0 Å². The van der Waals surface area contributed by atoms with E-state index in [1.54, 1.807) is 0 Å². The zero-order valence-corrected chi connectivity index (χ0v) is 11.8. The fourth-order valence-electron chi connectivity index (χ4n) is 1.51. The number of rotatable bonds is 4. The molecule has 0 bridgehead atoms. The third-order valence-corrected chi connectivity index (χ3v) is 3.76. The van der Waals surface area contributed by atoms with Gasteiger partial charge in [0.05, 0.1) is 20.9 Å². The lowest BCUT2D eigenvalue weighted by Gasteiger charge is -2.05. The molecule has 2 rings (SSSR count). The van der Waals surface area contributed by atoms with Crippen LogP contribution >= 0.6 is 27.5 Å². The molecule has 0 aliphatic heterocycles. The molecule has 2 aromatic rings. The molecular formula is C12H13BrClN3. The van der Waals surface area contributed by atoms with Gasteiger partial charge >= 0.3 is 0 Å². The summed E-state index contributed by atoms with van der Waals surface area (Å²) in [6, 6.07) is 7.72. The van der Waals surface area contributed by atoms with Crippen molar-refractivity contribution in [2.24, 2.45) is 0 Å². The normalized spacial score (nSPS) is 10.8. The predicted octanol–water partition coefficient (Wildman–Crippen LogP) is 3.40. The van der Waals surface area contributed by atoms with Gasteiger partial charge in [0, 0.05) is 12.7 Å². The molecule has 0 aliphatic rings. The molecule has 0 fully saturated rings. The standard InChI is InChI=1S/C12H13BrClN3/c1-2-15-8-9-6-7-17(16-9)11-5-3-4-10(14)12(11)13/h3-7,15H,2,8H2,1H3. The minimum absolute atomic E-state index is 0.686. The molecule has 0 atom stereocenters. The van der Waals surface area contributed by atoms with E-state index in [-0.39, 0.29) is 0 Å². The summed E-state index contributed by atoms with van der Waals surface area (Å²) in [5, 5.41) is 8.41. The molecule has 5 heteroatoms. The maximum atomic E-state index is 6.05. The average Bonchev–Trinajstić information content (AvgIpc) is 2.78. The van der Waals surface area contributed by atoms with E-state index in [1.807, 2.05) is 35.1 Å². The second kappa shape index (κ2) is 5.67. The van der Waals surface area contributed by atoms with Crippen molar-refractivity contribution < 1.29 is 0 Å². The lowest BCUT2D eigenvalue weighted by molar-refractivity contribution is 0.696. The van der Waals surface area contributed by atoms with Crippen LogP contribution in [0.25, 0.3) is 5.69 Å². The van der Waals surface area contributed by atoms with Gasteiger partial charge in [-0.1, -0.05) is 24.6 Å². The fourth-order valence-corrected chi connectivity index (χ4v) is 2.13. The maximum Gasteiger partial charge on any atom is 0.0802 e. The Morgan fingerprint density at radius 3 is 3.00 bits per heavy atom. The van der Waals surface area contributed by atoms with Crippen LogP contribution in [0.15, 0.2) is 34.9 Å². The molecule has 1 heterocycles. The summed E-state index contributed by atoms with van der Waals surface area (Å²) in [5.74, 6) is 0. The van der Waals surface area contributed by atoms with Gasteiger partial charge in [0.15, 0.2) is 0 Å². The highest BCUT2D eigenvalue weighted by atomic mass is 79.9. The van der Waals surface area contributed by atoms with Gasteiger partial charge in [-0.05, 0) is 40.7 Å². The highest BCUT2D eigenvalue weighted by molar-refractivity contribution is 9.10. The number of nitrogens with zero attached hydrogens (tertiary/aromatic N) is 2. The number of benzene rings is 1. The molecule has 1 N–H and O–H groups in total. The minimum Gasteiger partial charge on any atom is -0.311 e. The molecule has 1 aromatic carbocycles. The first-order valence-corrected chi connectivity index (χ1v) is 6.59. The van der Waals surface area contributed by atoms with Gasteiger partial charge in [0.25, 0.3) is 0 Å². The van der Waals surface area contributed by atoms with E-state index in [4.69, 9.17) is 11.6 Å². The minimum atomic E-state index is 0.686. The van der Waals surface area contributed by atoms with E-state index in [9.17, 15) is 0 Å². The van der Waals surface area contributed by atoms with Crippen LogP contribution in [-0.4, -0.2) is 16.3 Å². The summed E-state index contributed by atoms with van der Waals surface area (Å²) in [7, 11) is 0. The van der Waals surface area contributed by atoms with Crippen LogP contribution in [0.2, 0.25) is 5.02 Å². The third-order valence-electron chi connectivity index (χ3n) is 2.38. The van der Waals surface area contributed by atoms with Crippen LogP contribution in [0.5, 0.6) is 0 Å². The van der Waals surface area contributed by atoms with Crippen LogP contribution in [0, 0.1) is 0 Å². The lowest BCUT2D eigenvalue weighted by atomic mass is 10.3. The fraction of sp³-hybridized carbons (Fsp3) is 0.250. The van der Waals surface area contributed by atoms with Crippen LogP contribution in [0.3, 0.4) is 0 Å². The van der Waals surface area contributed by atoms with E-state index in [2.05, 4.69) is 33.3 Å². The first-order valence-electron chi connectivity index (χ1n) is 5.42. The Bertz CT molecular complexity index is 510. The second-order valence-electron chi connectivity index (χ2n) is 3.60. The highest BCUT2D eigenvalue weighted by Gasteiger charge is 2.07. The third kappa shape index (κ3) is 2.89. The van der Waals surface area contributed by atoms with Crippen molar-refractivity contribution in [3.63, 3.8) is 0 Å². The zero-order chi connectivity index (χ0) is 12.3. The van der Waals surface area contributed by atoms with E-state index in [1.165, 1.54) is 0 Å². The molecule has 0 aliphatic carbocycles. The van der Waals surface area contributed by atoms with Crippen LogP contribution in [0.1, 0.15) is 12.6 Å². The molecule has 0 saturated heterocycles. The van der Waals surface area contributed by atoms with Crippen molar-refractivity contribution in [3.05, 3.63) is 45.7 Å². The summed E-state index contributed by atoms with van der Waals surface area (Å²) in [6.45, 7) is 3.79. The molecular weight excluding hydrogens is 302 g/mol. The first-order chi connectivity index (χ1) is 8.22. The Morgan fingerprint density at radius 2 is 2.24 bits per heavy atom. The smallest absolute Gasteiger partial charge is 0.0802 e. The summed E-state index contributed by atoms with van der Waals surface area (Å²) >= 11 is 9.52. The second-order valence-corrected chi connectivity index (χ2v) is 4.81. The van der Waals surface area contributed by atoms with E-state index in [0.717, 1.165) is 28.9 Å². The number of hydrogen-bond donors (Lipinski definition) is 1. The van der Waals surface area contributed by atoms with Gasteiger partial charge in [-0.25, -0.2) is 4.68 Å². The Morgan fingerprint density at radius 1 is 1.41 bits per heavy atom. The molecule has 3 nitrogen and oxygen atoms in total. The monoisotopic (exact) mass is 313 g/mol. The summed E-state index contributed by atoms with van der Waals surface area (Å²) in [4.78, 5) is 0. The van der Waals surface area contributed by atoms with Crippen molar-refractivity contribution in [2.45, 2.75) is 13.5 Å². The molecule has 0 amide bonds. The topological polar surface area (TPSA) is 29.9 Å². The maximum absolute atomic E-state index is 6.05. The lowest BCUT2D eigenvalue weighted by Crippen LogP contribution is -2.12. The quantitative estimate of drug-likeness (QED) is 0.937. The highest BCUT2D eigenvalue weighted by Crippen LogP contribution is 2.28. The molecule has 0 saturated carbocycles. The Labute approximate surface area is 114 Å². The Kier molecular flexibility index (Phi) is 4.20. The van der Waals surface area contributed by atoms with Crippen LogP contribution < -0.4 is 5.32 Å². The summed E-state index contributed by atoms with van der Waals surface area (Å²) < 4.78 is 2.68. The number of halogens is 2. The Balaban J connectivity index is 2.27.